The number of hydrogen-bond acceptors (Lipinski definition) is 2. The van der Waals surface area contributed by atoms with Crippen LogP contribution in [0.2, 0.25) is 0 Å². The van der Waals surface area contributed by atoms with Crippen molar-refractivity contribution in [1.29, 1.82) is 0 Å². The largest absolute Gasteiger partial charge is 0.457 e. The summed E-state index contributed by atoms with van der Waals surface area (Å²) in [5.41, 5.74) is 4.53. The number of imidazole rings is 1. The highest BCUT2D eigenvalue weighted by atomic mass is 16.5. The van der Waals surface area contributed by atoms with E-state index in [9.17, 15) is 0 Å². The first-order chi connectivity index (χ1) is 15.0. The van der Waals surface area contributed by atoms with Crippen LogP contribution in [0.5, 0.6) is 11.5 Å². The van der Waals surface area contributed by atoms with Crippen molar-refractivity contribution in [3.8, 4) is 28.6 Å². The Kier molecular flexibility index (Phi) is 7.66. The highest BCUT2D eigenvalue weighted by Gasteiger charge is 2.13. The van der Waals surface area contributed by atoms with Gasteiger partial charge in [0.25, 0.3) is 0 Å². The minimum Gasteiger partial charge on any atom is -0.457 e. The Bertz CT molecular complexity index is 1060. The van der Waals surface area contributed by atoms with Gasteiger partial charge < -0.3 is 4.74 Å². The van der Waals surface area contributed by atoms with Crippen molar-refractivity contribution in [1.82, 2.24) is 9.55 Å². The Morgan fingerprint density at radius 1 is 0.839 bits per heavy atom. The van der Waals surface area contributed by atoms with E-state index in [-0.39, 0.29) is 0 Å². The Morgan fingerprint density at radius 3 is 1.94 bits per heavy atom. The fourth-order valence-corrected chi connectivity index (χ4v) is 3.26. The lowest BCUT2D eigenvalue weighted by atomic mass is 10.1. The first-order valence-corrected chi connectivity index (χ1v) is 10.9. The molecule has 0 unspecified atom stereocenters. The number of aryl methyl sites for hydroxylation is 2. The molecular weight excluding hydrogens is 380 g/mol. The van der Waals surface area contributed by atoms with Crippen molar-refractivity contribution in [2.24, 2.45) is 5.92 Å². The smallest absolute Gasteiger partial charge is 0.144 e. The Labute approximate surface area is 186 Å². The van der Waals surface area contributed by atoms with E-state index in [0.29, 0.717) is 0 Å². The summed E-state index contributed by atoms with van der Waals surface area (Å²) < 4.78 is 8.15. The average Bonchev–Trinajstić information content (AvgIpc) is 3.24. The monoisotopic (exact) mass is 412 g/mol. The van der Waals surface area contributed by atoms with E-state index in [4.69, 9.17) is 4.74 Å². The molecule has 3 heteroatoms. The second kappa shape index (κ2) is 10.6. The van der Waals surface area contributed by atoms with Crippen molar-refractivity contribution >= 4 is 0 Å². The third kappa shape index (κ3) is 5.85. The second-order valence-electron chi connectivity index (χ2n) is 8.11. The molecule has 0 amide bonds. The van der Waals surface area contributed by atoms with Crippen LogP contribution in [0.25, 0.3) is 17.1 Å². The lowest BCUT2D eigenvalue weighted by Crippen LogP contribution is -2.02. The van der Waals surface area contributed by atoms with Gasteiger partial charge in [0.2, 0.25) is 0 Å². The van der Waals surface area contributed by atoms with Crippen LogP contribution in [0.15, 0.2) is 85.2 Å². The van der Waals surface area contributed by atoms with E-state index in [1.165, 1.54) is 6.42 Å². The number of benzene rings is 3. The molecule has 0 saturated carbocycles. The molecule has 31 heavy (non-hydrogen) atoms. The Balaban J connectivity index is 0.000000491. The van der Waals surface area contributed by atoms with E-state index in [2.05, 4.69) is 68.4 Å². The van der Waals surface area contributed by atoms with Gasteiger partial charge in [0.05, 0.1) is 5.69 Å². The summed E-state index contributed by atoms with van der Waals surface area (Å²) in [7, 11) is 0. The molecule has 4 aromatic rings. The molecule has 0 atom stereocenters. The van der Waals surface area contributed by atoms with Crippen LogP contribution in [0.1, 0.15) is 38.3 Å². The van der Waals surface area contributed by atoms with Crippen molar-refractivity contribution in [3.63, 3.8) is 0 Å². The van der Waals surface area contributed by atoms with Gasteiger partial charge in [-0.3, -0.25) is 4.57 Å². The van der Waals surface area contributed by atoms with Gasteiger partial charge in [-0.25, -0.2) is 4.98 Å². The molecule has 0 fully saturated rings. The van der Waals surface area contributed by atoms with Crippen LogP contribution in [0.4, 0.5) is 0 Å². The van der Waals surface area contributed by atoms with Crippen LogP contribution >= 0.6 is 0 Å². The van der Waals surface area contributed by atoms with Gasteiger partial charge in [0, 0.05) is 18.0 Å². The third-order valence-corrected chi connectivity index (χ3v) is 5.17. The fraction of sp³-hybridized carbons (Fsp3) is 0.250. The van der Waals surface area contributed by atoms with Gasteiger partial charge in [0.1, 0.15) is 17.3 Å². The summed E-state index contributed by atoms with van der Waals surface area (Å²) >= 11 is 0. The van der Waals surface area contributed by atoms with Crippen LogP contribution in [-0.2, 0) is 0 Å². The normalized spacial score (nSPS) is 10.5. The maximum Gasteiger partial charge on any atom is 0.144 e. The SMILES string of the molecule is CCC(C)C.Cc1cc(Oc2ccccc2)cc(C)c1-n1ccnc1-c1ccccc1. The van der Waals surface area contributed by atoms with Gasteiger partial charge in [-0.15, -0.1) is 0 Å². The van der Waals surface area contributed by atoms with Crippen molar-refractivity contribution < 1.29 is 4.74 Å². The Morgan fingerprint density at radius 2 is 1.39 bits per heavy atom. The second-order valence-corrected chi connectivity index (χ2v) is 8.11. The summed E-state index contributed by atoms with van der Waals surface area (Å²) in [4.78, 5) is 4.57. The topological polar surface area (TPSA) is 27.1 Å². The lowest BCUT2D eigenvalue weighted by Gasteiger charge is -2.16. The number of rotatable bonds is 5. The summed E-state index contributed by atoms with van der Waals surface area (Å²) in [5.74, 6) is 3.51. The van der Waals surface area contributed by atoms with Gasteiger partial charge >= 0.3 is 0 Å². The first-order valence-electron chi connectivity index (χ1n) is 10.9. The minimum absolute atomic E-state index is 0.839. The molecule has 1 heterocycles. The predicted molar refractivity (Wildman–Crippen MR) is 130 cm³/mol. The third-order valence-electron chi connectivity index (χ3n) is 5.17. The van der Waals surface area contributed by atoms with E-state index >= 15 is 0 Å². The minimum atomic E-state index is 0.839. The summed E-state index contributed by atoms with van der Waals surface area (Å²) in [6, 6.07) is 24.2. The average molecular weight is 413 g/mol. The van der Waals surface area contributed by atoms with Crippen LogP contribution in [0.3, 0.4) is 0 Å². The van der Waals surface area contributed by atoms with Crippen LogP contribution in [0, 0.1) is 19.8 Å². The number of hydrogen-bond donors (Lipinski definition) is 0. The number of ether oxygens (including phenoxy) is 1. The predicted octanol–water partition coefficient (Wildman–Crippen LogP) is 8.00. The van der Waals surface area contributed by atoms with E-state index in [1.807, 2.05) is 60.9 Å². The molecule has 0 N–H and O–H groups in total. The van der Waals surface area contributed by atoms with Crippen LogP contribution in [-0.4, -0.2) is 9.55 Å². The van der Waals surface area contributed by atoms with E-state index in [1.54, 1.807) is 0 Å². The van der Waals surface area contributed by atoms with E-state index < -0.39 is 0 Å². The fourth-order valence-electron chi connectivity index (χ4n) is 3.26. The molecule has 1 aromatic heterocycles. The van der Waals surface area contributed by atoms with Crippen molar-refractivity contribution in [2.75, 3.05) is 0 Å². The zero-order valence-electron chi connectivity index (χ0n) is 19.2. The van der Waals surface area contributed by atoms with Gasteiger partial charge in [-0.2, -0.15) is 0 Å². The summed E-state index contributed by atoms with van der Waals surface area (Å²) in [6.45, 7) is 10.9. The van der Waals surface area contributed by atoms with Gasteiger partial charge in [0.15, 0.2) is 0 Å². The summed E-state index contributed by atoms with van der Waals surface area (Å²) in [6.07, 6.45) is 5.16. The van der Waals surface area contributed by atoms with Gasteiger partial charge in [-0.1, -0.05) is 75.7 Å². The molecule has 0 saturated heterocycles. The highest BCUT2D eigenvalue weighted by Crippen LogP contribution is 2.31. The molecule has 0 aliphatic rings. The quantitative estimate of drug-likeness (QED) is 0.332. The zero-order chi connectivity index (χ0) is 22.2. The highest BCUT2D eigenvalue weighted by molar-refractivity contribution is 5.62. The molecule has 0 aliphatic carbocycles. The molecule has 0 bridgehead atoms. The zero-order valence-corrected chi connectivity index (χ0v) is 19.2. The molecule has 0 spiro atoms. The van der Waals surface area contributed by atoms with E-state index in [0.717, 1.165) is 45.6 Å². The number of para-hydroxylation sites is 1. The molecule has 4 rings (SSSR count). The molecule has 0 aliphatic heterocycles. The molecule has 0 radical (unpaired) electrons. The summed E-state index contributed by atoms with van der Waals surface area (Å²) in [5, 5.41) is 0. The lowest BCUT2D eigenvalue weighted by molar-refractivity contribution is 0.481. The molecule has 3 aromatic carbocycles. The molecule has 160 valence electrons. The Hall–Kier alpha value is -3.33. The number of nitrogens with zero attached hydrogens (tertiary/aromatic N) is 2. The first kappa shape index (κ1) is 22.4. The maximum absolute atomic E-state index is 6.00. The van der Waals surface area contributed by atoms with Crippen molar-refractivity contribution in [3.05, 3.63) is 96.3 Å². The molecule has 3 nitrogen and oxygen atoms in total. The van der Waals surface area contributed by atoms with Crippen LogP contribution < -0.4 is 4.74 Å². The maximum atomic E-state index is 6.00. The molecular formula is C28H32N2O. The van der Waals surface area contributed by atoms with Crippen molar-refractivity contribution in [2.45, 2.75) is 41.0 Å². The number of aromatic nitrogens is 2. The van der Waals surface area contributed by atoms with Gasteiger partial charge in [-0.05, 0) is 55.2 Å². The standard InChI is InChI=1S/C23H20N2O.C5H12/c1-17-15-21(26-20-11-7-4-8-12-20)16-18(2)22(17)25-14-13-24-23(25)19-9-5-3-6-10-19;1-4-5(2)3/h3-16H,1-2H3;5H,4H2,1-3H3.